The zero-order valence-electron chi connectivity index (χ0n) is 17.5. The first-order chi connectivity index (χ1) is 14.9. The van der Waals surface area contributed by atoms with Gasteiger partial charge in [-0.05, 0) is 60.2 Å². The van der Waals surface area contributed by atoms with Gasteiger partial charge in [0.1, 0.15) is 0 Å². The predicted octanol–water partition coefficient (Wildman–Crippen LogP) is 4.35. The van der Waals surface area contributed by atoms with Crippen molar-refractivity contribution in [3.63, 3.8) is 0 Å². The molecular formula is C24H22ClN3O3. The standard InChI is InChI=1S/C24H22ClN3O3/c1-26(2)19-8-10-20(11-9-19)28-22-14-18(25)7-12-21(22)27(24(28)30)15-16-5-4-6-17(13-16)23(29)31-3/h4-14H,15H2,1-3H3. The lowest BCUT2D eigenvalue weighted by Crippen LogP contribution is -2.24. The molecule has 0 unspecified atom stereocenters. The molecule has 1 aromatic heterocycles. The molecule has 0 aliphatic rings. The summed E-state index contributed by atoms with van der Waals surface area (Å²) in [6, 6.07) is 20.3. The van der Waals surface area contributed by atoms with Crippen molar-refractivity contribution in [2.75, 3.05) is 26.1 Å². The van der Waals surface area contributed by atoms with Crippen molar-refractivity contribution in [2.24, 2.45) is 0 Å². The fourth-order valence-corrected chi connectivity index (χ4v) is 3.80. The van der Waals surface area contributed by atoms with Gasteiger partial charge in [-0.1, -0.05) is 23.7 Å². The minimum Gasteiger partial charge on any atom is -0.465 e. The third-order valence-electron chi connectivity index (χ3n) is 5.20. The third kappa shape index (κ3) is 3.94. The third-order valence-corrected chi connectivity index (χ3v) is 5.44. The highest BCUT2D eigenvalue weighted by Crippen LogP contribution is 2.24. The van der Waals surface area contributed by atoms with Crippen LogP contribution in [0.1, 0.15) is 15.9 Å². The molecule has 0 aliphatic heterocycles. The van der Waals surface area contributed by atoms with Gasteiger partial charge in [0.2, 0.25) is 0 Å². The second-order valence-electron chi connectivity index (χ2n) is 7.44. The average Bonchev–Trinajstić information content (AvgIpc) is 3.04. The minimum absolute atomic E-state index is 0.182. The van der Waals surface area contributed by atoms with Crippen LogP contribution >= 0.6 is 11.6 Å². The van der Waals surface area contributed by atoms with Crippen molar-refractivity contribution in [2.45, 2.75) is 6.54 Å². The molecule has 0 saturated heterocycles. The number of imidazole rings is 1. The summed E-state index contributed by atoms with van der Waals surface area (Å²) in [7, 11) is 5.28. The lowest BCUT2D eigenvalue weighted by Gasteiger charge is -2.13. The maximum absolute atomic E-state index is 13.5. The Labute approximate surface area is 184 Å². The maximum Gasteiger partial charge on any atom is 0.337 e. The first kappa shape index (κ1) is 20.8. The van der Waals surface area contributed by atoms with Gasteiger partial charge in [-0.15, -0.1) is 0 Å². The van der Waals surface area contributed by atoms with Crippen LogP contribution in [-0.4, -0.2) is 36.3 Å². The quantitative estimate of drug-likeness (QED) is 0.437. The smallest absolute Gasteiger partial charge is 0.337 e. The topological polar surface area (TPSA) is 56.5 Å². The summed E-state index contributed by atoms with van der Waals surface area (Å²) in [5, 5.41) is 0.552. The molecular weight excluding hydrogens is 414 g/mol. The molecule has 4 aromatic rings. The van der Waals surface area contributed by atoms with E-state index in [9.17, 15) is 9.59 Å². The van der Waals surface area contributed by atoms with Crippen LogP contribution in [0.25, 0.3) is 16.7 Å². The second-order valence-corrected chi connectivity index (χ2v) is 7.88. The number of nitrogens with zero attached hydrogens (tertiary/aromatic N) is 3. The highest BCUT2D eigenvalue weighted by molar-refractivity contribution is 6.31. The molecule has 0 saturated carbocycles. The largest absolute Gasteiger partial charge is 0.465 e. The van der Waals surface area contributed by atoms with Gasteiger partial charge < -0.3 is 9.64 Å². The molecule has 0 spiro atoms. The molecule has 0 N–H and O–H groups in total. The Kier molecular flexibility index (Phi) is 5.57. The van der Waals surface area contributed by atoms with Gasteiger partial charge in [0.05, 0.1) is 35.9 Å². The molecule has 0 aliphatic carbocycles. The number of aromatic nitrogens is 2. The predicted molar refractivity (Wildman–Crippen MR) is 124 cm³/mol. The Hall–Kier alpha value is -3.51. The van der Waals surface area contributed by atoms with Gasteiger partial charge >= 0.3 is 11.7 Å². The molecule has 0 atom stereocenters. The van der Waals surface area contributed by atoms with Crippen molar-refractivity contribution < 1.29 is 9.53 Å². The van der Waals surface area contributed by atoms with Crippen molar-refractivity contribution in [1.29, 1.82) is 0 Å². The number of hydrogen-bond acceptors (Lipinski definition) is 4. The number of benzene rings is 3. The molecule has 0 amide bonds. The number of halogens is 1. The monoisotopic (exact) mass is 435 g/mol. The van der Waals surface area contributed by atoms with E-state index in [-0.39, 0.29) is 5.69 Å². The van der Waals surface area contributed by atoms with Gasteiger partial charge in [-0.3, -0.25) is 9.13 Å². The summed E-state index contributed by atoms with van der Waals surface area (Å²) in [5.41, 5.74) is 4.36. The van der Waals surface area contributed by atoms with Crippen LogP contribution in [0.15, 0.2) is 71.5 Å². The lowest BCUT2D eigenvalue weighted by molar-refractivity contribution is 0.0600. The Balaban J connectivity index is 1.85. The van der Waals surface area contributed by atoms with E-state index in [0.717, 1.165) is 28.0 Å². The van der Waals surface area contributed by atoms with E-state index >= 15 is 0 Å². The Morgan fingerprint density at radius 2 is 1.74 bits per heavy atom. The number of carbonyl (C=O) groups excluding carboxylic acids is 1. The minimum atomic E-state index is -0.413. The van der Waals surface area contributed by atoms with Gasteiger partial charge in [-0.25, -0.2) is 9.59 Å². The first-order valence-corrected chi connectivity index (χ1v) is 10.1. The second kappa shape index (κ2) is 8.32. The van der Waals surface area contributed by atoms with E-state index in [2.05, 4.69) is 0 Å². The van der Waals surface area contributed by atoms with E-state index < -0.39 is 5.97 Å². The summed E-state index contributed by atoms with van der Waals surface area (Å²) in [4.78, 5) is 27.4. The van der Waals surface area contributed by atoms with Crippen LogP contribution in [0.4, 0.5) is 5.69 Å². The molecule has 0 radical (unpaired) electrons. The van der Waals surface area contributed by atoms with E-state index in [1.165, 1.54) is 7.11 Å². The van der Waals surface area contributed by atoms with Gasteiger partial charge in [0.25, 0.3) is 0 Å². The first-order valence-electron chi connectivity index (χ1n) is 9.75. The fourth-order valence-electron chi connectivity index (χ4n) is 3.63. The molecule has 0 fully saturated rings. The van der Waals surface area contributed by atoms with E-state index in [4.69, 9.17) is 16.3 Å². The van der Waals surface area contributed by atoms with Crippen molar-refractivity contribution in [1.82, 2.24) is 9.13 Å². The summed E-state index contributed by atoms with van der Waals surface area (Å²) < 4.78 is 8.15. The summed E-state index contributed by atoms with van der Waals surface area (Å²) >= 11 is 6.26. The Morgan fingerprint density at radius 3 is 2.42 bits per heavy atom. The lowest BCUT2D eigenvalue weighted by atomic mass is 10.1. The number of fused-ring (bicyclic) bond motifs is 1. The highest BCUT2D eigenvalue weighted by Gasteiger charge is 2.16. The SMILES string of the molecule is COC(=O)c1cccc(Cn2c(=O)n(-c3ccc(N(C)C)cc3)c3cc(Cl)ccc32)c1. The zero-order chi connectivity index (χ0) is 22.1. The molecule has 7 heteroatoms. The average molecular weight is 436 g/mol. The maximum atomic E-state index is 13.5. The Bertz CT molecular complexity index is 1320. The molecule has 6 nitrogen and oxygen atoms in total. The number of carbonyl (C=O) groups is 1. The van der Waals surface area contributed by atoms with Gasteiger partial charge in [-0.2, -0.15) is 0 Å². The number of esters is 1. The Morgan fingerprint density at radius 1 is 1.00 bits per heavy atom. The summed E-state index contributed by atoms with van der Waals surface area (Å²) in [5.74, 6) is -0.413. The molecule has 1 heterocycles. The zero-order valence-corrected chi connectivity index (χ0v) is 18.3. The molecule has 158 valence electrons. The number of rotatable bonds is 5. The number of anilines is 1. The molecule has 0 bridgehead atoms. The number of methoxy groups -OCH3 is 1. The van der Waals surface area contributed by atoms with E-state index in [0.29, 0.717) is 17.1 Å². The summed E-state index contributed by atoms with van der Waals surface area (Å²) in [6.07, 6.45) is 0. The fraction of sp³-hybridized carbons (Fsp3) is 0.167. The van der Waals surface area contributed by atoms with Gasteiger partial charge in [0.15, 0.2) is 0 Å². The van der Waals surface area contributed by atoms with Crippen LogP contribution < -0.4 is 10.6 Å². The molecule has 3 aromatic carbocycles. The van der Waals surface area contributed by atoms with Crippen LogP contribution in [0.3, 0.4) is 0 Å². The normalized spacial score (nSPS) is 11.0. The summed E-state index contributed by atoms with van der Waals surface area (Å²) in [6.45, 7) is 0.310. The highest BCUT2D eigenvalue weighted by atomic mass is 35.5. The number of hydrogen-bond donors (Lipinski definition) is 0. The van der Waals surface area contributed by atoms with Crippen molar-refractivity contribution in [3.8, 4) is 5.69 Å². The number of ether oxygens (including phenoxy) is 1. The molecule has 31 heavy (non-hydrogen) atoms. The van der Waals surface area contributed by atoms with Crippen LogP contribution in [-0.2, 0) is 11.3 Å². The van der Waals surface area contributed by atoms with Crippen molar-refractivity contribution in [3.05, 3.63) is 93.4 Å². The van der Waals surface area contributed by atoms with Crippen LogP contribution in [0.2, 0.25) is 5.02 Å². The molecule has 4 rings (SSSR count). The van der Waals surface area contributed by atoms with Crippen LogP contribution in [0, 0.1) is 0 Å². The van der Waals surface area contributed by atoms with Crippen LogP contribution in [0.5, 0.6) is 0 Å². The van der Waals surface area contributed by atoms with E-state index in [1.807, 2.05) is 55.4 Å². The van der Waals surface area contributed by atoms with Crippen molar-refractivity contribution >= 4 is 34.3 Å². The van der Waals surface area contributed by atoms with E-state index in [1.54, 1.807) is 39.5 Å². The van der Waals surface area contributed by atoms with Gasteiger partial charge in [0, 0.05) is 24.8 Å².